The SMILES string of the molecule is CC(C)(C)c1cc(N2N=C3C=CC(Cl)=CC3N2)c(O)c(C(C)(C)C)c1. The molecule has 0 bridgehead atoms. The van der Waals surface area contributed by atoms with E-state index in [9.17, 15) is 5.11 Å². The van der Waals surface area contributed by atoms with E-state index in [1.165, 1.54) is 0 Å². The van der Waals surface area contributed by atoms with Crippen molar-refractivity contribution in [2.45, 2.75) is 58.4 Å². The lowest BCUT2D eigenvalue weighted by atomic mass is 9.79. The van der Waals surface area contributed by atoms with Crippen LogP contribution in [-0.4, -0.2) is 16.9 Å². The number of nitrogens with zero attached hydrogens (tertiary/aromatic N) is 2. The Morgan fingerprint density at radius 1 is 1.08 bits per heavy atom. The zero-order chi connectivity index (χ0) is 18.6. The number of fused-ring (bicyclic) bond motifs is 1. The Kier molecular flexibility index (Phi) is 4.25. The summed E-state index contributed by atoms with van der Waals surface area (Å²) >= 11 is 6.09. The van der Waals surface area contributed by atoms with E-state index in [4.69, 9.17) is 11.6 Å². The Balaban J connectivity index is 2.11. The molecule has 1 aromatic rings. The van der Waals surface area contributed by atoms with Gasteiger partial charge in [-0.25, -0.2) is 0 Å². The van der Waals surface area contributed by atoms with Gasteiger partial charge in [-0.2, -0.15) is 15.6 Å². The van der Waals surface area contributed by atoms with Crippen LogP contribution in [-0.2, 0) is 10.8 Å². The highest BCUT2D eigenvalue weighted by atomic mass is 35.5. The summed E-state index contributed by atoms with van der Waals surface area (Å²) in [4.78, 5) is 0. The minimum atomic E-state index is -0.178. The van der Waals surface area contributed by atoms with Crippen molar-refractivity contribution in [1.29, 1.82) is 0 Å². The molecule has 2 N–H and O–H groups in total. The Hall–Kier alpha value is -1.78. The molecule has 0 aromatic heterocycles. The number of hydrazone groups is 1. The minimum Gasteiger partial charge on any atom is -0.505 e. The first-order valence-corrected chi connectivity index (χ1v) is 8.93. The monoisotopic (exact) mass is 359 g/mol. The van der Waals surface area contributed by atoms with Gasteiger partial charge in [0.1, 0.15) is 11.4 Å². The fourth-order valence-corrected chi connectivity index (χ4v) is 3.14. The van der Waals surface area contributed by atoms with E-state index >= 15 is 0 Å². The van der Waals surface area contributed by atoms with Crippen LogP contribution in [0.2, 0.25) is 0 Å². The number of hydrazine groups is 1. The molecule has 0 saturated heterocycles. The van der Waals surface area contributed by atoms with Gasteiger partial charge < -0.3 is 5.11 Å². The fraction of sp³-hybridized carbons (Fsp3) is 0.450. The minimum absolute atomic E-state index is 0.0365. The molecule has 0 spiro atoms. The first-order valence-electron chi connectivity index (χ1n) is 8.55. The molecule has 1 unspecified atom stereocenters. The average Bonchev–Trinajstić information content (AvgIpc) is 2.87. The molecule has 25 heavy (non-hydrogen) atoms. The maximum absolute atomic E-state index is 11.0. The summed E-state index contributed by atoms with van der Waals surface area (Å²) < 4.78 is 0. The molecule has 1 atom stereocenters. The molecule has 3 rings (SSSR count). The molecule has 0 radical (unpaired) electrons. The number of phenols is 1. The van der Waals surface area contributed by atoms with Crippen LogP contribution >= 0.6 is 11.6 Å². The fourth-order valence-electron chi connectivity index (χ4n) is 2.95. The van der Waals surface area contributed by atoms with Crippen molar-refractivity contribution >= 4 is 23.0 Å². The molecule has 1 aliphatic carbocycles. The summed E-state index contributed by atoms with van der Waals surface area (Å²) in [6, 6.07) is 4.04. The summed E-state index contributed by atoms with van der Waals surface area (Å²) in [7, 11) is 0. The smallest absolute Gasteiger partial charge is 0.146 e. The second kappa shape index (κ2) is 5.89. The standard InChI is InChI=1S/C20H26ClN3O/c1-19(2,3)12-9-14(20(4,5)6)18(25)17(10-12)24-22-15-8-7-13(21)11-16(15)23-24/h7-11,16,23,25H,1-6H3. The summed E-state index contributed by atoms with van der Waals surface area (Å²) in [6.07, 6.45) is 5.64. The van der Waals surface area contributed by atoms with Crippen LogP contribution in [0.3, 0.4) is 0 Å². The number of nitrogens with one attached hydrogen (secondary N) is 1. The molecule has 2 aliphatic rings. The number of rotatable bonds is 1. The second-order valence-electron chi connectivity index (χ2n) is 8.72. The predicted octanol–water partition coefficient (Wildman–Crippen LogP) is 4.73. The van der Waals surface area contributed by atoms with Gasteiger partial charge in [-0.05, 0) is 40.7 Å². The van der Waals surface area contributed by atoms with Crippen molar-refractivity contribution < 1.29 is 5.11 Å². The van der Waals surface area contributed by atoms with Crippen molar-refractivity contribution in [3.05, 3.63) is 46.5 Å². The number of hydrogen-bond donors (Lipinski definition) is 2. The third-order valence-corrected chi connectivity index (χ3v) is 4.78. The van der Waals surface area contributed by atoms with Gasteiger partial charge in [-0.1, -0.05) is 59.2 Å². The van der Waals surface area contributed by atoms with E-state index in [1.54, 1.807) is 5.12 Å². The quantitative estimate of drug-likeness (QED) is 0.762. The number of anilines is 1. The van der Waals surface area contributed by atoms with Crippen molar-refractivity contribution in [1.82, 2.24) is 5.43 Å². The number of phenolic OH excluding ortho intramolecular Hbond substituents is 1. The van der Waals surface area contributed by atoms with Crippen molar-refractivity contribution in [3.8, 4) is 5.75 Å². The topological polar surface area (TPSA) is 47.9 Å². The number of benzene rings is 1. The Labute approximate surface area is 154 Å². The molecule has 134 valence electrons. The highest BCUT2D eigenvalue weighted by molar-refractivity contribution is 6.32. The lowest BCUT2D eigenvalue weighted by Gasteiger charge is -2.29. The largest absolute Gasteiger partial charge is 0.505 e. The first-order chi connectivity index (χ1) is 11.5. The summed E-state index contributed by atoms with van der Waals surface area (Å²) in [6.45, 7) is 12.8. The van der Waals surface area contributed by atoms with E-state index in [1.807, 2.05) is 24.3 Å². The lowest BCUT2D eigenvalue weighted by molar-refractivity contribution is 0.442. The highest BCUT2D eigenvalue weighted by Crippen LogP contribution is 2.42. The molecule has 1 aliphatic heterocycles. The second-order valence-corrected chi connectivity index (χ2v) is 9.16. The molecular formula is C20H26ClN3O. The predicted molar refractivity (Wildman–Crippen MR) is 105 cm³/mol. The molecule has 1 heterocycles. The van der Waals surface area contributed by atoms with Crippen LogP contribution < -0.4 is 10.5 Å². The molecule has 4 nitrogen and oxygen atoms in total. The van der Waals surface area contributed by atoms with Crippen molar-refractivity contribution in [3.63, 3.8) is 0 Å². The van der Waals surface area contributed by atoms with Gasteiger partial charge in [0.25, 0.3) is 0 Å². The molecule has 5 heteroatoms. The summed E-state index contributed by atoms with van der Waals surface area (Å²) in [5, 5.41) is 17.9. The van der Waals surface area contributed by atoms with Gasteiger partial charge in [0.2, 0.25) is 0 Å². The first kappa shape index (κ1) is 18.0. The van der Waals surface area contributed by atoms with Crippen LogP contribution in [0.1, 0.15) is 52.7 Å². The normalized spacial score (nSPS) is 20.4. The molecule has 0 amide bonds. The Morgan fingerprint density at radius 2 is 1.76 bits per heavy atom. The summed E-state index contributed by atoms with van der Waals surface area (Å²) in [5.41, 5.74) is 6.69. The Bertz CT molecular complexity index is 794. The molecule has 1 aromatic carbocycles. The zero-order valence-electron chi connectivity index (χ0n) is 15.7. The van der Waals surface area contributed by atoms with Gasteiger partial charge in [-0.3, -0.25) is 0 Å². The molecule has 0 fully saturated rings. The maximum Gasteiger partial charge on any atom is 0.146 e. The van der Waals surface area contributed by atoms with Gasteiger partial charge in [0.15, 0.2) is 0 Å². The van der Waals surface area contributed by atoms with Gasteiger partial charge >= 0.3 is 0 Å². The van der Waals surface area contributed by atoms with E-state index in [2.05, 4.69) is 58.1 Å². The molecule has 0 saturated carbocycles. The lowest BCUT2D eigenvalue weighted by Crippen LogP contribution is -2.37. The van der Waals surface area contributed by atoms with E-state index < -0.39 is 0 Å². The third-order valence-electron chi connectivity index (χ3n) is 4.53. The van der Waals surface area contributed by atoms with Crippen LogP contribution in [0.25, 0.3) is 0 Å². The van der Waals surface area contributed by atoms with Crippen molar-refractivity contribution in [2.75, 3.05) is 5.12 Å². The van der Waals surface area contributed by atoms with E-state index in [-0.39, 0.29) is 22.6 Å². The third kappa shape index (κ3) is 3.46. The maximum atomic E-state index is 11.0. The molecular weight excluding hydrogens is 334 g/mol. The summed E-state index contributed by atoms with van der Waals surface area (Å²) in [5.74, 6) is 0.259. The number of aromatic hydroxyl groups is 1. The van der Waals surface area contributed by atoms with Gasteiger partial charge in [0, 0.05) is 10.6 Å². The van der Waals surface area contributed by atoms with Crippen LogP contribution in [0.5, 0.6) is 5.75 Å². The van der Waals surface area contributed by atoms with E-state index in [0.29, 0.717) is 10.7 Å². The van der Waals surface area contributed by atoms with E-state index in [0.717, 1.165) is 16.8 Å². The number of allylic oxidation sites excluding steroid dienone is 2. The van der Waals surface area contributed by atoms with Gasteiger partial charge in [-0.15, -0.1) is 0 Å². The Morgan fingerprint density at radius 3 is 2.36 bits per heavy atom. The van der Waals surface area contributed by atoms with Gasteiger partial charge in [0.05, 0.1) is 11.8 Å². The van der Waals surface area contributed by atoms with Crippen LogP contribution in [0.15, 0.2) is 40.5 Å². The number of halogens is 1. The van der Waals surface area contributed by atoms with Crippen molar-refractivity contribution in [2.24, 2.45) is 5.10 Å². The number of hydrogen-bond acceptors (Lipinski definition) is 4. The van der Waals surface area contributed by atoms with Crippen LogP contribution in [0, 0.1) is 0 Å². The van der Waals surface area contributed by atoms with Crippen LogP contribution in [0.4, 0.5) is 5.69 Å². The zero-order valence-corrected chi connectivity index (χ0v) is 16.4. The highest BCUT2D eigenvalue weighted by Gasteiger charge is 2.31. The average molecular weight is 360 g/mol.